The first-order chi connectivity index (χ1) is 9.15. The Morgan fingerprint density at radius 1 is 1.26 bits per heavy atom. The van der Waals surface area contributed by atoms with Gasteiger partial charge in [0, 0.05) is 37.3 Å². The molecule has 2 aromatic rings. The van der Waals surface area contributed by atoms with Crippen molar-refractivity contribution in [2.75, 3.05) is 0 Å². The van der Waals surface area contributed by atoms with Gasteiger partial charge in [-0.1, -0.05) is 18.2 Å². The van der Waals surface area contributed by atoms with Crippen LogP contribution in [0.15, 0.2) is 41.3 Å². The second-order valence-electron chi connectivity index (χ2n) is 4.80. The SMILES string of the molecule is Cn1cccc(Cc2ccc3c(c2)CNC3=O)c1=O. The number of nitrogens with one attached hydrogen (secondary N) is 1. The minimum absolute atomic E-state index is 0.0165. The van der Waals surface area contributed by atoms with Gasteiger partial charge in [-0.3, -0.25) is 9.59 Å². The highest BCUT2D eigenvalue weighted by atomic mass is 16.2. The van der Waals surface area contributed by atoms with E-state index in [-0.39, 0.29) is 11.5 Å². The predicted molar refractivity (Wildman–Crippen MR) is 72.1 cm³/mol. The minimum atomic E-state index is -0.0165. The van der Waals surface area contributed by atoms with Crippen molar-refractivity contribution in [1.29, 1.82) is 0 Å². The monoisotopic (exact) mass is 254 g/mol. The molecular weight excluding hydrogens is 240 g/mol. The van der Waals surface area contributed by atoms with Crippen LogP contribution in [0, 0.1) is 0 Å². The molecule has 0 radical (unpaired) electrons. The Kier molecular flexibility index (Phi) is 2.71. The third-order valence-corrected chi connectivity index (χ3v) is 3.45. The molecule has 1 N–H and O–H groups in total. The first-order valence-electron chi connectivity index (χ1n) is 6.19. The first-order valence-corrected chi connectivity index (χ1v) is 6.19. The van der Waals surface area contributed by atoms with Crippen molar-refractivity contribution >= 4 is 5.91 Å². The van der Waals surface area contributed by atoms with Crippen molar-refractivity contribution in [3.63, 3.8) is 0 Å². The van der Waals surface area contributed by atoms with Gasteiger partial charge in [-0.05, 0) is 23.3 Å². The number of hydrogen-bond donors (Lipinski definition) is 1. The van der Waals surface area contributed by atoms with Gasteiger partial charge in [0.25, 0.3) is 11.5 Å². The number of carbonyl (C=O) groups excluding carboxylic acids is 1. The van der Waals surface area contributed by atoms with Crippen LogP contribution in [-0.4, -0.2) is 10.5 Å². The highest BCUT2D eigenvalue weighted by Crippen LogP contribution is 2.18. The van der Waals surface area contributed by atoms with Crippen LogP contribution in [0.2, 0.25) is 0 Å². The molecule has 1 aromatic heterocycles. The Morgan fingerprint density at radius 2 is 2.11 bits per heavy atom. The normalized spacial score (nSPS) is 13.2. The number of benzene rings is 1. The smallest absolute Gasteiger partial charge is 0.253 e. The number of aryl methyl sites for hydroxylation is 1. The van der Waals surface area contributed by atoms with Gasteiger partial charge in [0.05, 0.1) is 0 Å². The van der Waals surface area contributed by atoms with E-state index in [0.717, 1.165) is 22.3 Å². The van der Waals surface area contributed by atoms with Gasteiger partial charge >= 0.3 is 0 Å². The number of hydrogen-bond acceptors (Lipinski definition) is 2. The summed E-state index contributed by atoms with van der Waals surface area (Å²) in [7, 11) is 1.75. The van der Waals surface area contributed by atoms with Crippen molar-refractivity contribution < 1.29 is 4.79 Å². The lowest BCUT2D eigenvalue weighted by Gasteiger charge is -2.05. The van der Waals surface area contributed by atoms with Gasteiger partial charge < -0.3 is 9.88 Å². The molecular formula is C15H14N2O2. The molecule has 4 heteroatoms. The van der Waals surface area contributed by atoms with E-state index < -0.39 is 0 Å². The summed E-state index contributed by atoms with van der Waals surface area (Å²) < 4.78 is 1.58. The number of nitrogens with zero attached hydrogens (tertiary/aromatic N) is 1. The Bertz CT molecular complexity index is 716. The fourth-order valence-corrected chi connectivity index (χ4v) is 2.40. The summed E-state index contributed by atoms with van der Waals surface area (Å²) in [5.74, 6) is -0.0165. The second-order valence-corrected chi connectivity index (χ2v) is 4.80. The topological polar surface area (TPSA) is 51.1 Å². The first kappa shape index (κ1) is 11.7. The summed E-state index contributed by atoms with van der Waals surface area (Å²) in [5, 5.41) is 2.79. The lowest BCUT2D eigenvalue weighted by atomic mass is 10.0. The van der Waals surface area contributed by atoms with Gasteiger partial charge in [0.1, 0.15) is 0 Å². The van der Waals surface area contributed by atoms with Crippen LogP contribution < -0.4 is 10.9 Å². The Hall–Kier alpha value is -2.36. The quantitative estimate of drug-likeness (QED) is 0.876. The van der Waals surface area contributed by atoms with E-state index in [9.17, 15) is 9.59 Å². The van der Waals surface area contributed by atoms with Crippen LogP contribution in [0.25, 0.3) is 0 Å². The fourth-order valence-electron chi connectivity index (χ4n) is 2.40. The highest BCUT2D eigenvalue weighted by Gasteiger charge is 2.18. The molecule has 2 heterocycles. The van der Waals surface area contributed by atoms with Crippen molar-refractivity contribution in [1.82, 2.24) is 9.88 Å². The third-order valence-electron chi connectivity index (χ3n) is 3.45. The molecule has 1 aromatic carbocycles. The number of aromatic nitrogens is 1. The molecule has 0 atom stereocenters. The number of fused-ring (bicyclic) bond motifs is 1. The molecule has 3 rings (SSSR count). The average molecular weight is 254 g/mol. The zero-order valence-electron chi connectivity index (χ0n) is 10.6. The molecule has 0 saturated carbocycles. The number of amides is 1. The molecule has 0 unspecified atom stereocenters. The lowest BCUT2D eigenvalue weighted by Crippen LogP contribution is -2.20. The molecule has 1 aliphatic heterocycles. The second kappa shape index (κ2) is 4.39. The molecule has 19 heavy (non-hydrogen) atoms. The van der Waals surface area contributed by atoms with E-state index in [0.29, 0.717) is 13.0 Å². The largest absolute Gasteiger partial charge is 0.348 e. The molecule has 0 bridgehead atoms. The zero-order valence-corrected chi connectivity index (χ0v) is 10.6. The van der Waals surface area contributed by atoms with E-state index in [1.807, 2.05) is 30.3 Å². The van der Waals surface area contributed by atoms with Crippen LogP contribution in [0.3, 0.4) is 0 Å². The number of pyridine rings is 1. The van der Waals surface area contributed by atoms with Crippen LogP contribution >= 0.6 is 0 Å². The fraction of sp³-hybridized carbons (Fsp3) is 0.200. The summed E-state index contributed by atoms with van der Waals surface area (Å²) in [6.45, 7) is 0.578. The molecule has 4 nitrogen and oxygen atoms in total. The number of carbonyl (C=O) groups is 1. The van der Waals surface area contributed by atoms with Gasteiger partial charge in [-0.15, -0.1) is 0 Å². The Balaban J connectivity index is 1.95. The van der Waals surface area contributed by atoms with Gasteiger partial charge in [0.2, 0.25) is 0 Å². The van der Waals surface area contributed by atoms with E-state index in [1.165, 1.54) is 0 Å². The van der Waals surface area contributed by atoms with Crippen molar-refractivity contribution in [3.05, 3.63) is 69.1 Å². The third kappa shape index (κ3) is 2.05. The molecule has 0 spiro atoms. The number of rotatable bonds is 2. The van der Waals surface area contributed by atoms with E-state index in [4.69, 9.17) is 0 Å². The summed E-state index contributed by atoms with van der Waals surface area (Å²) in [5.41, 5.74) is 3.60. The van der Waals surface area contributed by atoms with Crippen LogP contribution in [0.4, 0.5) is 0 Å². The highest BCUT2D eigenvalue weighted by molar-refractivity contribution is 5.98. The molecule has 0 aliphatic carbocycles. The summed E-state index contributed by atoms with van der Waals surface area (Å²) in [6, 6.07) is 9.46. The van der Waals surface area contributed by atoms with Crippen LogP contribution in [-0.2, 0) is 20.0 Å². The standard InChI is InChI=1S/C15H14N2O2/c1-17-6-2-3-11(15(17)19)7-10-4-5-13-12(8-10)9-16-14(13)18/h2-6,8H,7,9H2,1H3,(H,16,18). The van der Waals surface area contributed by atoms with Crippen molar-refractivity contribution in [2.24, 2.45) is 7.05 Å². The molecule has 96 valence electrons. The summed E-state index contributed by atoms with van der Waals surface area (Å²) in [6.07, 6.45) is 2.34. The molecule has 1 amide bonds. The maximum absolute atomic E-state index is 12.0. The summed E-state index contributed by atoms with van der Waals surface area (Å²) >= 11 is 0. The van der Waals surface area contributed by atoms with Crippen LogP contribution in [0.1, 0.15) is 27.0 Å². The van der Waals surface area contributed by atoms with E-state index >= 15 is 0 Å². The van der Waals surface area contributed by atoms with Crippen molar-refractivity contribution in [2.45, 2.75) is 13.0 Å². The minimum Gasteiger partial charge on any atom is -0.348 e. The van der Waals surface area contributed by atoms with Crippen molar-refractivity contribution in [3.8, 4) is 0 Å². The Morgan fingerprint density at radius 3 is 2.95 bits per heavy atom. The maximum atomic E-state index is 12.0. The van der Waals surface area contributed by atoms with E-state index in [2.05, 4.69) is 5.32 Å². The molecule has 1 aliphatic rings. The zero-order chi connectivity index (χ0) is 13.4. The summed E-state index contributed by atoms with van der Waals surface area (Å²) in [4.78, 5) is 23.4. The van der Waals surface area contributed by atoms with E-state index in [1.54, 1.807) is 17.8 Å². The predicted octanol–water partition coefficient (Wildman–Crippen LogP) is 1.22. The average Bonchev–Trinajstić information content (AvgIpc) is 2.76. The molecule has 0 fully saturated rings. The van der Waals surface area contributed by atoms with Gasteiger partial charge in [0.15, 0.2) is 0 Å². The molecule has 0 saturated heterocycles. The lowest BCUT2D eigenvalue weighted by molar-refractivity contribution is 0.0966. The van der Waals surface area contributed by atoms with Gasteiger partial charge in [-0.2, -0.15) is 0 Å². The van der Waals surface area contributed by atoms with Gasteiger partial charge in [-0.25, -0.2) is 0 Å². The van der Waals surface area contributed by atoms with Crippen LogP contribution in [0.5, 0.6) is 0 Å². The Labute approximate surface area is 110 Å². The maximum Gasteiger partial charge on any atom is 0.253 e.